The fourth-order valence-electron chi connectivity index (χ4n) is 4.69. The Bertz CT molecular complexity index is 1710. The highest BCUT2D eigenvalue weighted by molar-refractivity contribution is 7.88. The van der Waals surface area contributed by atoms with E-state index in [2.05, 4.69) is 15.6 Å². The Hall–Kier alpha value is -3.93. The van der Waals surface area contributed by atoms with Gasteiger partial charge >= 0.3 is 0 Å². The number of sulfonamides is 1. The molecule has 0 saturated carbocycles. The van der Waals surface area contributed by atoms with Crippen molar-refractivity contribution in [2.24, 2.45) is 0 Å². The van der Waals surface area contributed by atoms with Gasteiger partial charge in [0.25, 0.3) is 17.4 Å². The van der Waals surface area contributed by atoms with Crippen molar-refractivity contribution in [3.05, 3.63) is 99.6 Å². The van der Waals surface area contributed by atoms with Crippen molar-refractivity contribution in [3.8, 4) is 5.69 Å². The number of aromatic nitrogens is 2. The topological polar surface area (TPSA) is 133 Å². The molecule has 2 amide bonds. The molecule has 2 aromatic heterocycles. The summed E-state index contributed by atoms with van der Waals surface area (Å²) in [7, 11) is -3.51. The average Bonchev–Trinajstić information content (AvgIpc) is 3.29. The van der Waals surface area contributed by atoms with E-state index in [0.29, 0.717) is 33.8 Å². The lowest BCUT2D eigenvalue weighted by atomic mass is 9.99. The molecule has 0 aliphatic carbocycles. The SMILES string of the molecule is CS(=O)(=O)N1CC[C@@H](NC(=O)c2ccc3c(Cl)c[nH]c3c2)[C@@H](NC(=O)c2ccc(-n3ccccc3=O)cc2)C1. The van der Waals surface area contributed by atoms with Crippen LogP contribution < -0.4 is 16.2 Å². The Morgan fingerprint density at radius 3 is 2.38 bits per heavy atom. The van der Waals surface area contributed by atoms with Crippen LogP contribution in [0.4, 0.5) is 0 Å². The van der Waals surface area contributed by atoms with Crippen molar-refractivity contribution in [3.63, 3.8) is 0 Å². The molecule has 1 aliphatic heterocycles. The number of benzene rings is 2. The summed E-state index contributed by atoms with van der Waals surface area (Å²) in [5.41, 5.74) is 1.85. The highest BCUT2D eigenvalue weighted by Gasteiger charge is 2.35. The number of halogens is 1. The van der Waals surface area contributed by atoms with Crippen molar-refractivity contribution in [1.29, 1.82) is 0 Å². The predicted molar refractivity (Wildman–Crippen MR) is 149 cm³/mol. The molecule has 0 spiro atoms. The van der Waals surface area contributed by atoms with Gasteiger partial charge in [0, 0.05) is 59.3 Å². The quantitative estimate of drug-likeness (QED) is 0.329. The van der Waals surface area contributed by atoms with Gasteiger partial charge in [-0.3, -0.25) is 19.0 Å². The summed E-state index contributed by atoms with van der Waals surface area (Å²) in [6, 6.07) is 15.2. The second kappa shape index (κ2) is 10.7. The lowest BCUT2D eigenvalue weighted by molar-refractivity contribution is 0.0849. The number of amides is 2. The van der Waals surface area contributed by atoms with Gasteiger partial charge in [0.2, 0.25) is 10.0 Å². The average molecular weight is 568 g/mol. The first-order valence-electron chi connectivity index (χ1n) is 12.2. The second-order valence-corrected chi connectivity index (χ2v) is 11.8. The van der Waals surface area contributed by atoms with Gasteiger partial charge in [-0.05, 0) is 48.9 Å². The fourth-order valence-corrected chi connectivity index (χ4v) is 5.78. The number of pyridine rings is 1. The first-order valence-corrected chi connectivity index (χ1v) is 14.4. The second-order valence-electron chi connectivity index (χ2n) is 9.42. The fraction of sp³-hybridized carbons (Fsp3) is 0.222. The summed E-state index contributed by atoms with van der Waals surface area (Å²) in [4.78, 5) is 41.4. The molecule has 1 fully saturated rings. The van der Waals surface area contributed by atoms with Crippen LogP contribution >= 0.6 is 11.6 Å². The molecule has 5 rings (SSSR count). The van der Waals surface area contributed by atoms with Gasteiger partial charge in [-0.2, -0.15) is 4.31 Å². The van der Waals surface area contributed by atoms with Gasteiger partial charge in [-0.25, -0.2) is 8.42 Å². The van der Waals surface area contributed by atoms with Crippen LogP contribution in [-0.2, 0) is 10.0 Å². The highest BCUT2D eigenvalue weighted by atomic mass is 35.5. The number of carbonyl (C=O) groups excluding carboxylic acids is 2. The summed E-state index contributed by atoms with van der Waals surface area (Å²) in [5, 5.41) is 7.21. The Labute approximate surface area is 229 Å². The molecule has 202 valence electrons. The number of fused-ring (bicyclic) bond motifs is 1. The van der Waals surface area contributed by atoms with Crippen LogP contribution in [0, 0.1) is 0 Å². The number of nitrogens with one attached hydrogen (secondary N) is 3. The predicted octanol–water partition coefficient (Wildman–Crippen LogP) is 2.53. The number of carbonyl (C=O) groups is 2. The smallest absolute Gasteiger partial charge is 0.255 e. The molecular formula is C27H26ClN5O5S. The largest absolute Gasteiger partial charge is 0.360 e. The molecule has 12 heteroatoms. The van der Waals surface area contributed by atoms with E-state index in [9.17, 15) is 22.8 Å². The molecule has 39 heavy (non-hydrogen) atoms. The summed E-state index contributed by atoms with van der Waals surface area (Å²) >= 11 is 6.13. The Balaban J connectivity index is 1.34. The molecule has 4 aromatic rings. The molecule has 3 N–H and O–H groups in total. The van der Waals surface area contributed by atoms with E-state index in [0.717, 1.165) is 11.6 Å². The third-order valence-corrected chi connectivity index (χ3v) is 8.38. The standard InChI is InChI=1S/C27H26ClN5O5S/c1-39(37,38)32-13-11-22(30-27(36)18-7-10-20-21(28)15-29-23(20)14-18)24(16-32)31-26(35)17-5-8-19(9-6-17)33-12-3-2-4-25(33)34/h2-10,12,14-15,22,24,29H,11,13,16H2,1H3,(H,30,36)(H,31,35)/t22-,24+/m1/s1. The highest BCUT2D eigenvalue weighted by Crippen LogP contribution is 2.24. The first kappa shape index (κ1) is 26.7. The third kappa shape index (κ3) is 5.75. The van der Waals surface area contributed by atoms with Gasteiger partial charge in [0.1, 0.15) is 0 Å². The molecule has 0 radical (unpaired) electrons. The number of H-pyrrole nitrogens is 1. The van der Waals surface area contributed by atoms with E-state index in [-0.39, 0.29) is 24.6 Å². The summed E-state index contributed by atoms with van der Waals surface area (Å²) < 4.78 is 27.2. The van der Waals surface area contributed by atoms with E-state index in [1.165, 1.54) is 14.9 Å². The van der Waals surface area contributed by atoms with E-state index in [1.807, 2.05) is 0 Å². The number of nitrogens with zero attached hydrogens (tertiary/aromatic N) is 2. The maximum Gasteiger partial charge on any atom is 0.255 e. The van der Waals surface area contributed by atoms with Crippen LogP contribution in [0.1, 0.15) is 27.1 Å². The maximum atomic E-state index is 13.2. The first-order chi connectivity index (χ1) is 18.6. The molecule has 2 aromatic carbocycles. The monoisotopic (exact) mass is 567 g/mol. The van der Waals surface area contributed by atoms with Crippen LogP contribution in [-0.4, -0.2) is 65.5 Å². The summed E-state index contributed by atoms with van der Waals surface area (Å²) in [5.74, 6) is -0.777. The van der Waals surface area contributed by atoms with Crippen LogP contribution in [0.2, 0.25) is 5.02 Å². The van der Waals surface area contributed by atoms with Gasteiger partial charge < -0.3 is 15.6 Å². The van der Waals surface area contributed by atoms with E-state index < -0.39 is 28.0 Å². The van der Waals surface area contributed by atoms with Crippen molar-refractivity contribution in [2.75, 3.05) is 19.3 Å². The zero-order chi connectivity index (χ0) is 27.7. The van der Waals surface area contributed by atoms with Crippen LogP contribution in [0.3, 0.4) is 0 Å². The van der Waals surface area contributed by atoms with E-state index in [4.69, 9.17) is 11.6 Å². The lowest BCUT2D eigenvalue weighted by Gasteiger charge is -2.38. The zero-order valence-electron chi connectivity index (χ0n) is 20.9. The Morgan fingerprint density at radius 1 is 0.974 bits per heavy atom. The number of aromatic amines is 1. The minimum Gasteiger partial charge on any atom is -0.360 e. The normalized spacial score (nSPS) is 18.1. The molecule has 10 nitrogen and oxygen atoms in total. The molecule has 1 saturated heterocycles. The third-order valence-electron chi connectivity index (χ3n) is 6.80. The summed E-state index contributed by atoms with van der Waals surface area (Å²) in [6.45, 7) is 0.222. The number of hydrogen-bond donors (Lipinski definition) is 3. The van der Waals surface area contributed by atoms with Crippen LogP contribution in [0.5, 0.6) is 0 Å². The number of piperidine rings is 1. The minimum atomic E-state index is -3.51. The molecule has 3 heterocycles. The van der Waals surface area contributed by atoms with Gasteiger partial charge in [0.05, 0.1) is 23.4 Å². The number of rotatable bonds is 6. The zero-order valence-corrected chi connectivity index (χ0v) is 22.5. The number of hydrogen-bond acceptors (Lipinski definition) is 5. The van der Waals surface area contributed by atoms with Crippen molar-refractivity contribution in [1.82, 2.24) is 24.5 Å². The van der Waals surface area contributed by atoms with Gasteiger partial charge in [0.15, 0.2) is 0 Å². The molecule has 1 aliphatic rings. The molecule has 2 atom stereocenters. The van der Waals surface area contributed by atoms with Gasteiger partial charge in [-0.1, -0.05) is 23.7 Å². The Morgan fingerprint density at radius 2 is 1.67 bits per heavy atom. The van der Waals surface area contributed by atoms with Crippen LogP contribution in [0.25, 0.3) is 16.6 Å². The lowest BCUT2D eigenvalue weighted by Crippen LogP contribution is -2.61. The molecule has 0 bridgehead atoms. The van der Waals surface area contributed by atoms with Crippen molar-refractivity contribution < 1.29 is 18.0 Å². The van der Waals surface area contributed by atoms with Crippen LogP contribution in [0.15, 0.2) is 77.9 Å². The Kier molecular flexibility index (Phi) is 7.30. The van der Waals surface area contributed by atoms with Crippen molar-refractivity contribution in [2.45, 2.75) is 18.5 Å². The maximum absolute atomic E-state index is 13.2. The van der Waals surface area contributed by atoms with E-state index >= 15 is 0 Å². The molecular weight excluding hydrogens is 542 g/mol. The van der Waals surface area contributed by atoms with Crippen molar-refractivity contribution >= 4 is 44.3 Å². The van der Waals surface area contributed by atoms with E-state index in [1.54, 1.807) is 67.0 Å². The minimum absolute atomic E-state index is 0.0122. The van der Waals surface area contributed by atoms with Gasteiger partial charge in [-0.15, -0.1) is 0 Å². The summed E-state index contributed by atoms with van der Waals surface area (Å²) in [6.07, 6.45) is 4.71. The molecule has 0 unspecified atom stereocenters.